The molecule has 0 bridgehead atoms. The molecule has 0 spiro atoms. The van der Waals surface area contributed by atoms with Crippen LogP contribution in [0.1, 0.15) is 47.1 Å². The average molecular weight is 290 g/mol. The number of ether oxygens (including phenoxy) is 1. The lowest BCUT2D eigenvalue weighted by atomic mass is 9.96. The lowest BCUT2D eigenvalue weighted by Crippen LogP contribution is -2.52. The van der Waals surface area contributed by atoms with Crippen molar-refractivity contribution in [2.75, 3.05) is 16.8 Å². The van der Waals surface area contributed by atoms with Crippen LogP contribution in [0.4, 0.5) is 16.2 Å². The standard InChI is InChI=1S/C17H26N2O2/c1-7-12-9-8-10-13-14(12)18-17(5,6)11-19(13)15(20)21-16(2,3)4/h8-10,18H,7,11H2,1-6H3. The summed E-state index contributed by atoms with van der Waals surface area (Å²) in [6.07, 6.45) is 0.639. The average Bonchev–Trinajstić information content (AvgIpc) is 2.34. The minimum atomic E-state index is -0.491. The van der Waals surface area contributed by atoms with Gasteiger partial charge in [-0.25, -0.2) is 4.79 Å². The second kappa shape index (κ2) is 5.24. The topological polar surface area (TPSA) is 41.6 Å². The summed E-state index contributed by atoms with van der Waals surface area (Å²) in [6, 6.07) is 6.07. The van der Waals surface area contributed by atoms with Crippen molar-refractivity contribution in [2.45, 2.75) is 59.1 Å². The predicted molar refractivity (Wildman–Crippen MR) is 87.1 cm³/mol. The van der Waals surface area contributed by atoms with Crippen molar-refractivity contribution in [3.05, 3.63) is 23.8 Å². The zero-order chi connectivity index (χ0) is 15.8. The third-order valence-corrected chi connectivity index (χ3v) is 3.43. The number of anilines is 2. The lowest BCUT2D eigenvalue weighted by Gasteiger charge is -2.42. The van der Waals surface area contributed by atoms with E-state index in [2.05, 4.69) is 32.2 Å². The summed E-state index contributed by atoms with van der Waals surface area (Å²) in [5, 5.41) is 3.55. The molecule has 1 amide bonds. The highest BCUT2D eigenvalue weighted by Gasteiger charge is 2.35. The molecule has 2 rings (SSSR count). The Labute approximate surface area is 127 Å². The Hall–Kier alpha value is -1.71. The van der Waals surface area contributed by atoms with Gasteiger partial charge >= 0.3 is 6.09 Å². The van der Waals surface area contributed by atoms with E-state index in [9.17, 15) is 4.79 Å². The van der Waals surface area contributed by atoms with Gasteiger partial charge in [-0.3, -0.25) is 4.90 Å². The molecule has 1 N–H and O–H groups in total. The number of carbonyl (C=O) groups excluding carboxylic acids is 1. The number of nitrogens with zero attached hydrogens (tertiary/aromatic N) is 1. The van der Waals surface area contributed by atoms with E-state index in [-0.39, 0.29) is 11.6 Å². The van der Waals surface area contributed by atoms with Crippen molar-refractivity contribution in [1.29, 1.82) is 0 Å². The summed E-state index contributed by atoms with van der Waals surface area (Å²) in [7, 11) is 0. The third-order valence-electron chi connectivity index (χ3n) is 3.43. The Morgan fingerprint density at radius 1 is 1.38 bits per heavy atom. The molecule has 116 valence electrons. The minimum Gasteiger partial charge on any atom is -0.443 e. The van der Waals surface area contributed by atoms with E-state index in [0.717, 1.165) is 17.8 Å². The molecule has 1 aromatic rings. The fourth-order valence-electron chi connectivity index (χ4n) is 2.59. The Morgan fingerprint density at radius 2 is 2.05 bits per heavy atom. The molecule has 0 unspecified atom stereocenters. The first-order chi connectivity index (χ1) is 9.63. The van der Waals surface area contributed by atoms with Crippen molar-refractivity contribution < 1.29 is 9.53 Å². The molecule has 0 fully saturated rings. The van der Waals surface area contributed by atoms with E-state index in [4.69, 9.17) is 4.74 Å². The summed E-state index contributed by atoms with van der Waals surface area (Å²) in [5.74, 6) is 0. The van der Waals surface area contributed by atoms with Gasteiger partial charge in [0.25, 0.3) is 0 Å². The first-order valence-corrected chi connectivity index (χ1v) is 7.53. The summed E-state index contributed by atoms with van der Waals surface area (Å²) in [6.45, 7) is 12.6. The maximum atomic E-state index is 12.5. The molecular weight excluding hydrogens is 264 g/mol. The highest BCUT2D eigenvalue weighted by atomic mass is 16.6. The van der Waals surface area contributed by atoms with Gasteiger partial charge in [-0.05, 0) is 52.7 Å². The number of benzene rings is 1. The van der Waals surface area contributed by atoms with Crippen LogP contribution in [0.5, 0.6) is 0 Å². The van der Waals surface area contributed by atoms with Crippen LogP contribution in [0.15, 0.2) is 18.2 Å². The van der Waals surface area contributed by atoms with Gasteiger partial charge in [0.15, 0.2) is 0 Å². The molecule has 0 radical (unpaired) electrons. The number of fused-ring (bicyclic) bond motifs is 1. The number of hydrogen-bond acceptors (Lipinski definition) is 3. The molecule has 1 aromatic carbocycles. The molecule has 4 nitrogen and oxygen atoms in total. The van der Waals surface area contributed by atoms with Crippen LogP contribution in [-0.2, 0) is 11.2 Å². The Kier molecular flexibility index (Phi) is 3.91. The van der Waals surface area contributed by atoms with Crippen LogP contribution < -0.4 is 10.2 Å². The van der Waals surface area contributed by atoms with Crippen LogP contribution >= 0.6 is 0 Å². The van der Waals surface area contributed by atoms with Crippen molar-refractivity contribution in [3.8, 4) is 0 Å². The van der Waals surface area contributed by atoms with Crippen molar-refractivity contribution >= 4 is 17.5 Å². The van der Waals surface area contributed by atoms with E-state index in [0.29, 0.717) is 6.54 Å². The molecular formula is C17H26N2O2. The lowest BCUT2D eigenvalue weighted by molar-refractivity contribution is 0.0573. The van der Waals surface area contributed by atoms with E-state index < -0.39 is 5.60 Å². The van der Waals surface area contributed by atoms with E-state index in [1.165, 1.54) is 5.56 Å². The van der Waals surface area contributed by atoms with Gasteiger partial charge in [0, 0.05) is 5.54 Å². The molecule has 0 atom stereocenters. The normalized spacial score (nSPS) is 17.0. The third kappa shape index (κ3) is 3.49. The van der Waals surface area contributed by atoms with Crippen molar-refractivity contribution in [3.63, 3.8) is 0 Å². The number of hydrogen-bond donors (Lipinski definition) is 1. The molecule has 1 aliphatic rings. The van der Waals surface area contributed by atoms with Gasteiger partial charge in [0.05, 0.1) is 17.9 Å². The van der Waals surface area contributed by atoms with Gasteiger partial charge < -0.3 is 10.1 Å². The van der Waals surface area contributed by atoms with Crippen LogP contribution in [0.25, 0.3) is 0 Å². The molecule has 1 heterocycles. The SMILES string of the molecule is CCc1cccc2c1NC(C)(C)CN2C(=O)OC(C)(C)C. The molecule has 0 saturated carbocycles. The molecule has 4 heteroatoms. The Morgan fingerprint density at radius 3 is 2.62 bits per heavy atom. The second-order valence-corrected chi connectivity index (χ2v) is 7.24. The molecule has 1 aliphatic heterocycles. The van der Waals surface area contributed by atoms with Gasteiger partial charge in [-0.1, -0.05) is 19.1 Å². The maximum absolute atomic E-state index is 12.5. The number of amides is 1. The zero-order valence-corrected chi connectivity index (χ0v) is 13.9. The van der Waals surface area contributed by atoms with Gasteiger partial charge in [0.1, 0.15) is 5.60 Å². The molecule has 0 saturated heterocycles. The number of carbonyl (C=O) groups is 1. The predicted octanol–water partition coefficient (Wildman–Crippen LogP) is 4.19. The number of para-hydroxylation sites is 1. The first kappa shape index (κ1) is 15.7. The van der Waals surface area contributed by atoms with Crippen molar-refractivity contribution in [2.24, 2.45) is 0 Å². The van der Waals surface area contributed by atoms with Gasteiger partial charge in [-0.2, -0.15) is 0 Å². The number of nitrogens with one attached hydrogen (secondary N) is 1. The van der Waals surface area contributed by atoms with E-state index >= 15 is 0 Å². The summed E-state index contributed by atoms with van der Waals surface area (Å²) in [4.78, 5) is 14.3. The maximum Gasteiger partial charge on any atom is 0.414 e. The highest BCUT2D eigenvalue weighted by Crippen LogP contribution is 2.38. The van der Waals surface area contributed by atoms with Gasteiger partial charge in [-0.15, -0.1) is 0 Å². The molecule has 0 aromatic heterocycles. The quantitative estimate of drug-likeness (QED) is 0.843. The highest BCUT2D eigenvalue weighted by molar-refractivity contribution is 5.95. The summed E-state index contributed by atoms with van der Waals surface area (Å²) < 4.78 is 5.56. The smallest absolute Gasteiger partial charge is 0.414 e. The first-order valence-electron chi connectivity index (χ1n) is 7.53. The van der Waals surface area contributed by atoms with Crippen molar-refractivity contribution in [1.82, 2.24) is 0 Å². The largest absolute Gasteiger partial charge is 0.443 e. The monoisotopic (exact) mass is 290 g/mol. The fourth-order valence-corrected chi connectivity index (χ4v) is 2.59. The van der Waals surface area contributed by atoms with Gasteiger partial charge in [0.2, 0.25) is 0 Å². The summed E-state index contributed by atoms with van der Waals surface area (Å²) >= 11 is 0. The van der Waals surface area contributed by atoms with Crippen LogP contribution in [0, 0.1) is 0 Å². The second-order valence-electron chi connectivity index (χ2n) is 7.24. The zero-order valence-electron chi connectivity index (χ0n) is 13.9. The summed E-state index contributed by atoms with van der Waals surface area (Å²) in [5.41, 5.74) is 2.49. The minimum absolute atomic E-state index is 0.185. The number of rotatable bonds is 1. The molecule has 21 heavy (non-hydrogen) atoms. The molecule has 0 aliphatic carbocycles. The van der Waals surface area contributed by atoms with E-state index in [1.54, 1.807) is 4.90 Å². The van der Waals surface area contributed by atoms with Crippen LogP contribution in [0.3, 0.4) is 0 Å². The fraction of sp³-hybridized carbons (Fsp3) is 0.588. The van der Waals surface area contributed by atoms with Crippen LogP contribution in [0.2, 0.25) is 0 Å². The Bertz CT molecular complexity index is 544. The van der Waals surface area contributed by atoms with Crippen LogP contribution in [-0.4, -0.2) is 23.8 Å². The number of aryl methyl sites for hydroxylation is 1. The Balaban J connectivity index is 2.42. The van der Waals surface area contributed by atoms with E-state index in [1.807, 2.05) is 32.9 Å².